The van der Waals surface area contributed by atoms with E-state index in [1.54, 1.807) is 105 Å². The molecule has 21 N–H and O–H groups in total. The number of likely N-dealkylation sites (N-methyl/N-ethyl adjacent to an activating group) is 4. The predicted molar refractivity (Wildman–Crippen MR) is 488 cm³/mol. The maximum Gasteiger partial charge on any atom is 0.322 e. The van der Waals surface area contributed by atoms with Crippen molar-refractivity contribution in [2.45, 2.75) is 216 Å². The van der Waals surface area contributed by atoms with Crippen LogP contribution in [-0.2, 0) is 107 Å². The summed E-state index contributed by atoms with van der Waals surface area (Å²) in [5.41, 5.74) is 14.5. The minimum atomic E-state index is -1.85. The molecule has 2 aliphatic heterocycles. The summed E-state index contributed by atoms with van der Waals surface area (Å²) in [4.78, 5) is 267. The first kappa shape index (κ1) is 104. The highest BCUT2D eigenvalue weighted by atomic mass is 32.2. The number of guanidine groups is 1. The number of carboxylic acids is 1. The molecule has 6 aromatic rings. The standard InChI is InChI=1S/C89H125N23O19S/c1-10-12-30-69-82(125)101-60(29-21-33-94-89(91)92)78(121)107-68(77(120)97-44-75(117)118)47-132-48-74(116)100-64(36-52-23-15-14-16-24-52)85(128)109(7)51(5)76(119)103-66(40-72(90)114)87(130)112-34-22-32-70(112)83(126)102-62(39-55-43-93-49-98-55)80(123)104-63(35-50(3)4)84(127)108(6)45-73(115)99-61(37-53-41-95-58-27-19-17-25-56(53)58)79(122)106-67(46-113)81(124)105-65(38-54-42-96-59-28-20-18-26-57(54)59)86(129)111(9)71(31-13-11-2)88(131)110(69)8/h14-20,23-28,41-43,49-51,60-71,95-96,113H,10-13,21-22,29-40,44-48H2,1-9H3,(H2,90,114)(H,93,98)(H,97,120)(H,99,115)(H,100,116)(H,101,125)(H,102,126)(H,103,119)(H,104,123)(H,105,124)(H,106,122)(H,107,121)(H,117,118)(H4,91,92,94)/t51-,60-,61-,62-,63-,64-,65-,66-,67-,68-,69-,70-,71-/m0/s1. The van der Waals surface area contributed by atoms with Crippen molar-refractivity contribution in [1.29, 1.82) is 5.41 Å². The summed E-state index contributed by atoms with van der Waals surface area (Å²) in [5.74, 6) is -17.9. The minimum Gasteiger partial charge on any atom is -0.480 e. The van der Waals surface area contributed by atoms with Crippen LogP contribution in [-0.4, -0.2) is 312 Å². The molecule has 42 nitrogen and oxygen atoms in total. The smallest absolute Gasteiger partial charge is 0.322 e. The highest BCUT2D eigenvalue weighted by molar-refractivity contribution is 8.00. The fourth-order valence-corrected chi connectivity index (χ4v) is 16.6. The van der Waals surface area contributed by atoms with Crippen LogP contribution in [0.1, 0.15) is 134 Å². The van der Waals surface area contributed by atoms with Gasteiger partial charge in [-0.05, 0) is 86.6 Å². The molecule has 0 bridgehead atoms. The zero-order chi connectivity index (χ0) is 96.6. The molecule has 2 saturated heterocycles. The lowest BCUT2D eigenvalue weighted by molar-refractivity contribution is -0.149. The normalized spacial score (nSPS) is 23.5. The molecule has 43 heteroatoms. The molecule has 716 valence electrons. The summed E-state index contributed by atoms with van der Waals surface area (Å²) in [6.07, 6.45) is 5.87. The van der Waals surface area contributed by atoms with Gasteiger partial charge in [0, 0.05) is 119 Å². The third kappa shape index (κ3) is 30.0. The number of aromatic nitrogens is 4. The molecular formula is C89H125N23O19S. The van der Waals surface area contributed by atoms with E-state index < -0.39 is 223 Å². The van der Waals surface area contributed by atoms with Gasteiger partial charge in [-0.3, -0.25) is 86.9 Å². The number of aromatic amines is 3. The number of carboxylic acid groups (broad SMARTS) is 1. The number of para-hydroxylation sites is 2. The van der Waals surface area contributed by atoms with Crippen LogP contribution in [0.25, 0.3) is 21.8 Å². The van der Waals surface area contributed by atoms with Crippen LogP contribution < -0.4 is 70.0 Å². The number of primary amides is 1. The summed E-state index contributed by atoms with van der Waals surface area (Å²) in [5, 5.41) is 58.8. The molecule has 5 heterocycles. The van der Waals surface area contributed by atoms with E-state index in [9.17, 15) is 67.7 Å². The van der Waals surface area contributed by atoms with Crippen LogP contribution in [0.3, 0.4) is 0 Å². The van der Waals surface area contributed by atoms with Gasteiger partial charge in [0.2, 0.25) is 94.5 Å². The number of hydrogen-bond acceptors (Lipinski definition) is 21. The van der Waals surface area contributed by atoms with Crippen LogP contribution in [0.2, 0.25) is 0 Å². The number of aliphatic hydroxyl groups is 1. The molecule has 16 amide bonds. The van der Waals surface area contributed by atoms with Crippen LogP contribution in [0.4, 0.5) is 0 Å². The van der Waals surface area contributed by atoms with E-state index in [2.05, 4.69) is 78.4 Å². The average molecular weight is 1850 g/mol. The molecule has 13 atom stereocenters. The average Bonchev–Trinajstić information content (AvgIpc) is 1.48. The zero-order valence-corrected chi connectivity index (χ0v) is 76.6. The van der Waals surface area contributed by atoms with Gasteiger partial charge in [-0.25, -0.2) is 4.98 Å². The third-order valence-corrected chi connectivity index (χ3v) is 24.2. The van der Waals surface area contributed by atoms with Crippen molar-refractivity contribution >= 4 is 140 Å². The topological polar surface area (TPSA) is 615 Å². The number of carbonyl (C=O) groups excluding carboxylic acids is 16. The Hall–Kier alpha value is -13.5. The van der Waals surface area contributed by atoms with E-state index in [0.29, 0.717) is 69.9 Å². The molecule has 2 aliphatic rings. The quantitative estimate of drug-likeness (QED) is 0.0166. The van der Waals surface area contributed by atoms with Gasteiger partial charge in [0.1, 0.15) is 85.1 Å². The number of unbranched alkanes of at least 4 members (excludes halogenated alkanes) is 2. The molecule has 2 fully saturated rings. The lowest BCUT2D eigenvalue weighted by atomic mass is 10.00. The largest absolute Gasteiger partial charge is 0.480 e. The van der Waals surface area contributed by atoms with E-state index in [0.717, 1.165) is 36.3 Å². The van der Waals surface area contributed by atoms with Crippen LogP contribution in [0, 0.1) is 11.3 Å². The molecule has 3 aromatic heterocycles. The number of H-pyrrole nitrogens is 3. The summed E-state index contributed by atoms with van der Waals surface area (Å²) >= 11 is 0.764. The van der Waals surface area contributed by atoms with E-state index in [4.69, 9.17) is 16.9 Å². The molecule has 8 rings (SSSR count). The second kappa shape index (κ2) is 50.6. The van der Waals surface area contributed by atoms with Gasteiger partial charge >= 0.3 is 5.97 Å². The van der Waals surface area contributed by atoms with Gasteiger partial charge < -0.3 is 120 Å². The number of nitrogens with one attached hydrogen (secondary N) is 15. The van der Waals surface area contributed by atoms with E-state index >= 15 is 24.0 Å². The number of thioether (sulfide) groups is 1. The Morgan fingerprint density at radius 1 is 0.553 bits per heavy atom. The highest BCUT2D eigenvalue weighted by Crippen LogP contribution is 2.26. The Morgan fingerprint density at radius 3 is 1.69 bits per heavy atom. The Balaban J connectivity index is 1.18. The fourth-order valence-electron chi connectivity index (χ4n) is 15.8. The fraction of sp³-hybridized carbons (Fsp3) is 0.517. The van der Waals surface area contributed by atoms with Crippen LogP contribution in [0.15, 0.2) is 104 Å². The SMILES string of the molecule is CCCC[C@H]1C(=O)N(C)[C@@H](CCCC)C(=O)N[C@@H](CCCNC(=N)N)C(=O)N[C@H](C(=O)NCC(=O)O)CSCC(=O)N[C@@H](Cc2ccccc2)C(=O)N(C)[C@@H](C)C(=O)N[C@@H](CC(N)=O)C(=O)N2CCC[C@H]2C(=O)N[C@@H](Cc2cnc[nH]2)C(=O)N[C@@H](CC(C)C)C(=O)N(C)CC(=O)N[C@@H](Cc2c[nH]c3ccccc23)C(=O)N[C@@H](CO)C(=O)N[C@@H](Cc2c[nH]c3ccccc23)C(=O)N1C. The third-order valence-electron chi connectivity index (χ3n) is 23.1. The summed E-state index contributed by atoms with van der Waals surface area (Å²) < 4.78 is 0. The second-order valence-electron chi connectivity index (χ2n) is 33.6. The molecule has 0 radical (unpaired) electrons. The van der Waals surface area contributed by atoms with Crippen LogP contribution >= 0.6 is 11.8 Å². The van der Waals surface area contributed by atoms with Gasteiger partial charge in [0.25, 0.3) is 0 Å². The Kier molecular flexibility index (Phi) is 39.9. The number of fused-ring (bicyclic) bond motifs is 3. The van der Waals surface area contributed by atoms with Gasteiger partial charge in [0.15, 0.2) is 5.96 Å². The molecular weight excluding hydrogens is 1730 g/mol. The number of carbonyl (C=O) groups is 17. The number of imidazole rings is 1. The number of nitrogens with two attached hydrogens (primary N) is 2. The first-order valence-corrected chi connectivity index (χ1v) is 45.3. The first-order chi connectivity index (χ1) is 62.9. The van der Waals surface area contributed by atoms with Crippen LogP contribution in [0.5, 0.6) is 0 Å². The number of aliphatic hydroxyl groups excluding tert-OH is 1. The summed E-state index contributed by atoms with van der Waals surface area (Å²) in [6.45, 7) is 5.65. The Labute approximate surface area is 768 Å². The maximum atomic E-state index is 15.7. The van der Waals surface area contributed by atoms with Crippen molar-refractivity contribution in [3.05, 3.63) is 126 Å². The van der Waals surface area contributed by atoms with E-state index in [1.165, 1.54) is 47.6 Å². The lowest BCUT2D eigenvalue weighted by Gasteiger charge is -2.36. The Bertz CT molecular complexity index is 5050. The second-order valence-corrected chi connectivity index (χ2v) is 34.6. The molecule has 0 aliphatic carbocycles. The van der Waals surface area contributed by atoms with E-state index in [-0.39, 0.29) is 89.6 Å². The van der Waals surface area contributed by atoms with Crippen molar-refractivity contribution in [1.82, 2.24) is 103 Å². The number of nitrogens with zero attached hydrogens (tertiary/aromatic N) is 6. The van der Waals surface area contributed by atoms with Gasteiger partial charge in [0.05, 0.1) is 31.7 Å². The maximum absolute atomic E-state index is 15.7. The van der Waals surface area contributed by atoms with Crippen molar-refractivity contribution < 1.29 is 91.7 Å². The van der Waals surface area contributed by atoms with Crippen molar-refractivity contribution in [3.8, 4) is 0 Å². The number of amides is 16. The molecule has 3 aromatic carbocycles. The highest BCUT2D eigenvalue weighted by Gasteiger charge is 2.44. The van der Waals surface area contributed by atoms with Crippen molar-refractivity contribution in [3.63, 3.8) is 0 Å². The zero-order valence-electron chi connectivity index (χ0n) is 75.7. The van der Waals surface area contributed by atoms with Crippen molar-refractivity contribution in [2.75, 3.05) is 72.5 Å². The van der Waals surface area contributed by atoms with Crippen molar-refractivity contribution in [2.24, 2.45) is 17.4 Å². The molecule has 0 spiro atoms. The number of benzene rings is 3. The Morgan fingerprint density at radius 2 is 1.09 bits per heavy atom. The van der Waals surface area contributed by atoms with Gasteiger partial charge in [-0.15, -0.1) is 11.8 Å². The number of aliphatic carboxylic acids is 1. The molecule has 0 saturated carbocycles. The first-order valence-electron chi connectivity index (χ1n) is 44.1. The summed E-state index contributed by atoms with van der Waals surface area (Å²) in [7, 11) is 5.22. The van der Waals surface area contributed by atoms with Gasteiger partial charge in [-0.1, -0.05) is 120 Å². The molecule has 132 heavy (non-hydrogen) atoms. The monoisotopic (exact) mass is 1850 g/mol. The van der Waals surface area contributed by atoms with E-state index in [1.807, 2.05) is 13.8 Å². The predicted octanol–water partition coefficient (Wildman–Crippen LogP) is -1.54. The number of rotatable bonds is 26. The molecule has 0 unspecified atom stereocenters. The summed E-state index contributed by atoms with van der Waals surface area (Å²) in [6, 6.07) is 2.68. The minimum absolute atomic E-state index is 0.00103. The number of hydrogen-bond donors (Lipinski definition) is 19. The lowest BCUT2D eigenvalue weighted by Crippen LogP contribution is -2.61. The van der Waals surface area contributed by atoms with Gasteiger partial charge in [-0.2, -0.15) is 0 Å².